The zero-order valence-electron chi connectivity index (χ0n) is 18.7. The zero-order chi connectivity index (χ0) is 24.5. The van der Waals surface area contributed by atoms with Gasteiger partial charge in [0.2, 0.25) is 10.0 Å². The Bertz CT molecular complexity index is 1480. The number of halogens is 1. The first kappa shape index (κ1) is 23.7. The van der Waals surface area contributed by atoms with E-state index in [9.17, 15) is 13.2 Å². The van der Waals surface area contributed by atoms with Crippen LogP contribution in [0.5, 0.6) is 5.75 Å². The minimum absolute atomic E-state index is 0.0508. The van der Waals surface area contributed by atoms with Crippen LogP contribution in [0.2, 0.25) is 5.02 Å². The van der Waals surface area contributed by atoms with E-state index in [-0.39, 0.29) is 22.8 Å². The van der Waals surface area contributed by atoms with Crippen LogP contribution in [0, 0.1) is 6.92 Å². The van der Waals surface area contributed by atoms with E-state index in [1.54, 1.807) is 42.1 Å². The van der Waals surface area contributed by atoms with Crippen LogP contribution < -0.4 is 14.8 Å². The van der Waals surface area contributed by atoms with Crippen LogP contribution in [0.15, 0.2) is 59.6 Å². The average molecular weight is 500 g/mol. The van der Waals surface area contributed by atoms with Crippen molar-refractivity contribution >= 4 is 44.3 Å². The third-order valence-electron chi connectivity index (χ3n) is 5.22. The van der Waals surface area contributed by atoms with Gasteiger partial charge in [-0.2, -0.15) is 5.10 Å². The maximum absolute atomic E-state index is 13.0. The Morgan fingerprint density at radius 1 is 1.15 bits per heavy atom. The SMILES string of the molecule is COc1ccc(C(=O)Nc2cnc3c(c2)c(C)nn3C)cc1S(=O)(=O)NCc1ccc(Cl)cc1. The molecule has 1 amide bonds. The van der Waals surface area contributed by atoms with E-state index in [0.717, 1.165) is 16.6 Å². The van der Waals surface area contributed by atoms with Crippen molar-refractivity contribution in [3.05, 3.63) is 76.6 Å². The molecule has 0 saturated heterocycles. The molecule has 2 aromatic carbocycles. The number of hydrogen-bond acceptors (Lipinski definition) is 6. The lowest BCUT2D eigenvalue weighted by atomic mass is 10.2. The number of amides is 1. The van der Waals surface area contributed by atoms with Gasteiger partial charge in [-0.3, -0.25) is 9.48 Å². The second-order valence-corrected chi connectivity index (χ2v) is 9.75. The van der Waals surface area contributed by atoms with Crippen molar-refractivity contribution in [2.24, 2.45) is 7.05 Å². The second-order valence-electron chi connectivity index (χ2n) is 7.57. The van der Waals surface area contributed by atoms with Crippen LogP contribution in [0.3, 0.4) is 0 Å². The van der Waals surface area contributed by atoms with Crippen LogP contribution in [-0.2, 0) is 23.6 Å². The Hall–Kier alpha value is -3.47. The summed E-state index contributed by atoms with van der Waals surface area (Å²) in [5.74, 6) is -0.367. The number of fused-ring (bicyclic) bond motifs is 1. The number of carbonyl (C=O) groups excluding carboxylic acids is 1. The molecule has 2 N–H and O–H groups in total. The van der Waals surface area contributed by atoms with Crippen molar-refractivity contribution in [1.82, 2.24) is 19.5 Å². The molecule has 4 rings (SSSR count). The molecular formula is C23H22ClN5O4S. The van der Waals surface area contributed by atoms with Gasteiger partial charge in [0.15, 0.2) is 5.65 Å². The van der Waals surface area contributed by atoms with Crippen molar-refractivity contribution in [3.8, 4) is 5.75 Å². The predicted molar refractivity (Wildman–Crippen MR) is 130 cm³/mol. The van der Waals surface area contributed by atoms with Crippen LogP contribution >= 0.6 is 11.6 Å². The molecule has 9 nitrogen and oxygen atoms in total. The van der Waals surface area contributed by atoms with E-state index >= 15 is 0 Å². The number of pyridine rings is 1. The summed E-state index contributed by atoms with van der Waals surface area (Å²) in [5, 5.41) is 8.44. The fraction of sp³-hybridized carbons (Fsp3) is 0.174. The largest absolute Gasteiger partial charge is 0.495 e. The Balaban J connectivity index is 1.58. The molecule has 0 aliphatic heterocycles. The van der Waals surface area contributed by atoms with Gasteiger partial charge in [0.1, 0.15) is 10.6 Å². The lowest BCUT2D eigenvalue weighted by molar-refractivity contribution is 0.102. The van der Waals surface area contributed by atoms with E-state index in [2.05, 4.69) is 20.1 Å². The number of hydrogen-bond donors (Lipinski definition) is 2. The molecule has 0 atom stereocenters. The quantitative estimate of drug-likeness (QED) is 0.401. The summed E-state index contributed by atoms with van der Waals surface area (Å²) in [6.45, 7) is 1.91. The summed E-state index contributed by atoms with van der Waals surface area (Å²) in [6, 6.07) is 12.8. The number of anilines is 1. The van der Waals surface area contributed by atoms with E-state index in [4.69, 9.17) is 16.3 Å². The lowest BCUT2D eigenvalue weighted by Gasteiger charge is -2.13. The molecule has 176 valence electrons. The highest BCUT2D eigenvalue weighted by Gasteiger charge is 2.22. The standard InChI is InChI=1S/C23H22ClN5O4S/c1-14-19-11-18(13-25-22(19)29(2)28-14)27-23(30)16-6-9-20(33-3)21(10-16)34(31,32)26-12-15-4-7-17(24)8-5-15/h4-11,13,26H,12H2,1-3H3,(H,27,30). The van der Waals surface area contributed by atoms with Gasteiger partial charge in [0.25, 0.3) is 5.91 Å². The third-order valence-corrected chi connectivity index (χ3v) is 6.89. The third kappa shape index (κ3) is 4.89. The van der Waals surface area contributed by atoms with Gasteiger partial charge in [0.05, 0.1) is 24.7 Å². The van der Waals surface area contributed by atoms with Gasteiger partial charge in [-0.1, -0.05) is 23.7 Å². The molecule has 0 saturated carbocycles. The molecular weight excluding hydrogens is 478 g/mol. The number of aromatic nitrogens is 3. The highest BCUT2D eigenvalue weighted by atomic mass is 35.5. The maximum Gasteiger partial charge on any atom is 0.255 e. The van der Waals surface area contributed by atoms with Crippen molar-refractivity contribution in [2.45, 2.75) is 18.4 Å². The van der Waals surface area contributed by atoms with Gasteiger partial charge >= 0.3 is 0 Å². The van der Waals surface area contributed by atoms with Gasteiger partial charge in [-0.25, -0.2) is 18.1 Å². The van der Waals surface area contributed by atoms with E-state index in [1.165, 1.54) is 31.5 Å². The second kappa shape index (κ2) is 9.41. The molecule has 0 spiro atoms. The Labute approximate surface area is 201 Å². The van der Waals surface area contributed by atoms with Crippen molar-refractivity contribution in [2.75, 3.05) is 12.4 Å². The lowest BCUT2D eigenvalue weighted by Crippen LogP contribution is -2.24. The normalized spacial score (nSPS) is 11.5. The van der Waals surface area contributed by atoms with Crippen LogP contribution in [0.25, 0.3) is 11.0 Å². The first-order valence-corrected chi connectivity index (χ1v) is 12.1. The molecule has 0 bridgehead atoms. The molecule has 0 fully saturated rings. The average Bonchev–Trinajstić information content (AvgIpc) is 3.11. The number of sulfonamides is 1. The van der Waals surface area contributed by atoms with Gasteiger partial charge < -0.3 is 10.1 Å². The Morgan fingerprint density at radius 2 is 1.88 bits per heavy atom. The fourth-order valence-corrected chi connectivity index (χ4v) is 4.80. The number of carbonyl (C=O) groups is 1. The Morgan fingerprint density at radius 3 is 2.59 bits per heavy atom. The first-order valence-electron chi connectivity index (χ1n) is 10.2. The maximum atomic E-state index is 13.0. The summed E-state index contributed by atoms with van der Waals surface area (Å²) < 4.78 is 35.4. The predicted octanol–water partition coefficient (Wildman–Crippen LogP) is 3.67. The zero-order valence-corrected chi connectivity index (χ0v) is 20.2. The molecule has 11 heteroatoms. The summed E-state index contributed by atoms with van der Waals surface area (Å²) in [6.07, 6.45) is 1.52. The Kier molecular flexibility index (Phi) is 6.56. The van der Waals surface area contributed by atoms with Crippen LogP contribution in [0.1, 0.15) is 21.6 Å². The summed E-state index contributed by atoms with van der Waals surface area (Å²) in [4.78, 5) is 17.1. The molecule has 0 aliphatic carbocycles. The molecule has 0 unspecified atom stereocenters. The van der Waals surface area contributed by atoms with Crippen LogP contribution in [-0.4, -0.2) is 36.2 Å². The molecule has 4 aromatic rings. The monoisotopic (exact) mass is 499 g/mol. The summed E-state index contributed by atoms with van der Waals surface area (Å²) in [5.41, 5.74) is 2.82. The van der Waals surface area contributed by atoms with Gasteiger partial charge in [-0.15, -0.1) is 0 Å². The number of aryl methyl sites for hydroxylation is 2. The number of benzene rings is 2. The minimum atomic E-state index is -3.98. The summed E-state index contributed by atoms with van der Waals surface area (Å²) in [7, 11) is -0.825. The molecule has 2 heterocycles. The topological polar surface area (TPSA) is 115 Å². The molecule has 2 aromatic heterocycles. The van der Waals surface area contributed by atoms with Gasteiger partial charge in [-0.05, 0) is 48.9 Å². The fourth-order valence-electron chi connectivity index (χ4n) is 3.47. The van der Waals surface area contributed by atoms with Crippen molar-refractivity contribution < 1.29 is 17.9 Å². The highest BCUT2D eigenvalue weighted by molar-refractivity contribution is 7.89. The molecule has 0 aliphatic rings. The van der Waals surface area contributed by atoms with Crippen LogP contribution in [0.4, 0.5) is 5.69 Å². The van der Waals surface area contributed by atoms with Crippen molar-refractivity contribution in [1.29, 1.82) is 0 Å². The minimum Gasteiger partial charge on any atom is -0.495 e. The number of rotatable bonds is 7. The smallest absolute Gasteiger partial charge is 0.255 e. The van der Waals surface area contributed by atoms with E-state index in [0.29, 0.717) is 16.4 Å². The van der Waals surface area contributed by atoms with E-state index < -0.39 is 15.9 Å². The molecule has 0 radical (unpaired) electrons. The first-order chi connectivity index (χ1) is 16.2. The van der Waals surface area contributed by atoms with Gasteiger partial charge in [0, 0.05) is 29.6 Å². The number of nitrogens with one attached hydrogen (secondary N) is 2. The molecule has 34 heavy (non-hydrogen) atoms. The highest BCUT2D eigenvalue weighted by Crippen LogP contribution is 2.26. The van der Waals surface area contributed by atoms with Crippen molar-refractivity contribution in [3.63, 3.8) is 0 Å². The number of ether oxygens (including phenoxy) is 1. The summed E-state index contributed by atoms with van der Waals surface area (Å²) >= 11 is 5.88. The number of nitrogens with zero attached hydrogens (tertiary/aromatic N) is 3. The number of methoxy groups -OCH3 is 1. The van der Waals surface area contributed by atoms with E-state index in [1.807, 2.05) is 6.92 Å².